The number of nitrogens with one attached hydrogen (secondary N) is 1. The van der Waals surface area contributed by atoms with Crippen LogP contribution in [0.2, 0.25) is 0 Å². The Morgan fingerprint density at radius 3 is 2.78 bits per heavy atom. The van der Waals surface area contributed by atoms with Crippen LogP contribution in [0.3, 0.4) is 0 Å². The van der Waals surface area contributed by atoms with Gasteiger partial charge in [0.05, 0.1) is 18.8 Å². The summed E-state index contributed by atoms with van der Waals surface area (Å²) in [5.41, 5.74) is 1.22. The van der Waals surface area contributed by atoms with Crippen molar-refractivity contribution >= 4 is 17.8 Å². The molecule has 2 amide bonds. The highest BCUT2D eigenvalue weighted by molar-refractivity contribution is 7.99. The third kappa shape index (κ3) is 4.42. The van der Waals surface area contributed by atoms with Gasteiger partial charge in [0.25, 0.3) is 0 Å². The molecule has 1 aromatic carbocycles. The van der Waals surface area contributed by atoms with Crippen LogP contribution in [0.4, 0.5) is 4.79 Å². The van der Waals surface area contributed by atoms with Crippen molar-refractivity contribution in [1.82, 2.24) is 10.2 Å². The fourth-order valence-corrected chi connectivity index (χ4v) is 4.18. The van der Waals surface area contributed by atoms with Gasteiger partial charge in [-0.2, -0.15) is 0 Å². The van der Waals surface area contributed by atoms with Gasteiger partial charge in [-0.25, -0.2) is 4.79 Å². The molecule has 0 aromatic heterocycles. The summed E-state index contributed by atoms with van der Waals surface area (Å²) < 4.78 is 5.97. The molecule has 2 aliphatic rings. The second kappa shape index (κ2) is 7.58. The zero-order valence-electron chi connectivity index (χ0n) is 13.8. The summed E-state index contributed by atoms with van der Waals surface area (Å²) in [6.07, 6.45) is 4.64. The van der Waals surface area contributed by atoms with Gasteiger partial charge in [-0.3, -0.25) is 0 Å². The molecule has 23 heavy (non-hydrogen) atoms. The van der Waals surface area contributed by atoms with Crippen molar-refractivity contribution in [2.24, 2.45) is 0 Å². The molecule has 1 aliphatic heterocycles. The molecule has 0 radical (unpaired) electrons. The lowest BCUT2D eigenvalue weighted by atomic mass is 10.00. The van der Waals surface area contributed by atoms with Crippen LogP contribution in [0, 0.1) is 6.92 Å². The smallest absolute Gasteiger partial charge is 0.317 e. The molecule has 1 aliphatic carbocycles. The van der Waals surface area contributed by atoms with E-state index in [2.05, 4.69) is 36.5 Å². The maximum atomic E-state index is 12.3. The van der Waals surface area contributed by atoms with Crippen LogP contribution in [0.1, 0.15) is 31.2 Å². The van der Waals surface area contributed by atoms with Crippen molar-refractivity contribution < 1.29 is 9.53 Å². The molecule has 0 bridgehead atoms. The van der Waals surface area contributed by atoms with Crippen LogP contribution in [-0.4, -0.2) is 48.5 Å². The lowest BCUT2D eigenvalue weighted by Crippen LogP contribution is -2.55. The Bertz CT molecular complexity index is 526. The lowest BCUT2D eigenvalue weighted by Gasteiger charge is -2.40. The Morgan fingerprint density at radius 2 is 2.04 bits per heavy atom. The van der Waals surface area contributed by atoms with Crippen molar-refractivity contribution in [3.63, 3.8) is 0 Å². The maximum absolute atomic E-state index is 12.3. The van der Waals surface area contributed by atoms with Crippen LogP contribution in [0.5, 0.6) is 0 Å². The topological polar surface area (TPSA) is 41.6 Å². The quantitative estimate of drug-likeness (QED) is 0.677. The van der Waals surface area contributed by atoms with Gasteiger partial charge in [0.1, 0.15) is 0 Å². The summed E-state index contributed by atoms with van der Waals surface area (Å²) in [4.78, 5) is 15.5. The first-order valence-electron chi connectivity index (χ1n) is 8.53. The zero-order chi connectivity index (χ0) is 16.1. The summed E-state index contributed by atoms with van der Waals surface area (Å²) in [5.74, 6) is 0.893. The molecule has 1 spiro atoms. The molecule has 1 heterocycles. The first-order chi connectivity index (χ1) is 11.2. The Labute approximate surface area is 143 Å². The SMILES string of the molecule is Cc1ccc(SCCNC(=O)N2CCOC3(CCCC3)C2)cc1. The molecule has 5 heteroatoms. The minimum Gasteiger partial charge on any atom is -0.371 e. The monoisotopic (exact) mass is 334 g/mol. The molecule has 0 atom stereocenters. The van der Waals surface area contributed by atoms with Gasteiger partial charge in [-0.15, -0.1) is 11.8 Å². The second-order valence-corrected chi connectivity index (χ2v) is 7.72. The van der Waals surface area contributed by atoms with Crippen molar-refractivity contribution in [2.45, 2.75) is 43.1 Å². The van der Waals surface area contributed by atoms with Crippen molar-refractivity contribution in [3.05, 3.63) is 29.8 Å². The summed E-state index contributed by atoms with van der Waals surface area (Å²) in [6.45, 7) is 4.92. The van der Waals surface area contributed by atoms with E-state index in [-0.39, 0.29) is 11.6 Å². The maximum Gasteiger partial charge on any atom is 0.317 e. The number of carbonyl (C=O) groups is 1. The number of rotatable bonds is 4. The number of thioether (sulfide) groups is 1. The minimum absolute atomic E-state index is 0.0494. The van der Waals surface area contributed by atoms with Gasteiger partial charge < -0.3 is 15.0 Å². The van der Waals surface area contributed by atoms with E-state index in [0.29, 0.717) is 19.7 Å². The van der Waals surface area contributed by atoms with Crippen LogP contribution < -0.4 is 5.32 Å². The van der Waals surface area contributed by atoms with Crippen LogP contribution in [0.25, 0.3) is 0 Å². The lowest BCUT2D eigenvalue weighted by molar-refractivity contribution is -0.0925. The molecular formula is C18H26N2O2S. The molecule has 2 fully saturated rings. The Kier molecular flexibility index (Phi) is 5.49. The Hall–Kier alpha value is -1.20. The fraction of sp³-hybridized carbons (Fsp3) is 0.611. The van der Waals surface area contributed by atoms with E-state index in [1.54, 1.807) is 11.8 Å². The van der Waals surface area contributed by atoms with E-state index < -0.39 is 0 Å². The highest BCUT2D eigenvalue weighted by Gasteiger charge is 2.40. The predicted octanol–water partition coefficient (Wildman–Crippen LogP) is 3.44. The number of nitrogens with zero attached hydrogens (tertiary/aromatic N) is 1. The molecule has 4 nitrogen and oxygen atoms in total. The Morgan fingerprint density at radius 1 is 1.30 bits per heavy atom. The Balaban J connectivity index is 1.39. The number of hydrogen-bond donors (Lipinski definition) is 1. The van der Waals surface area contributed by atoms with Crippen molar-refractivity contribution in [1.29, 1.82) is 0 Å². The first kappa shape index (κ1) is 16.7. The van der Waals surface area contributed by atoms with Gasteiger partial charge >= 0.3 is 6.03 Å². The van der Waals surface area contributed by atoms with E-state index in [9.17, 15) is 4.79 Å². The van der Waals surface area contributed by atoms with E-state index in [0.717, 1.165) is 25.1 Å². The number of ether oxygens (including phenoxy) is 1. The number of benzene rings is 1. The van der Waals surface area contributed by atoms with E-state index in [1.165, 1.54) is 23.3 Å². The fourth-order valence-electron chi connectivity index (χ4n) is 3.41. The molecule has 1 aromatic rings. The van der Waals surface area contributed by atoms with E-state index in [1.807, 2.05) is 4.90 Å². The average Bonchev–Trinajstić information content (AvgIpc) is 3.00. The number of urea groups is 1. The van der Waals surface area contributed by atoms with Gasteiger partial charge in [-0.1, -0.05) is 30.5 Å². The number of morpholine rings is 1. The highest BCUT2D eigenvalue weighted by atomic mass is 32.2. The standard InChI is InChI=1S/C18H26N2O2S/c1-15-4-6-16(7-5-15)23-13-10-19-17(21)20-11-12-22-18(14-20)8-2-3-9-18/h4-7H,2-3,8-14H2,1H3,(H,19,21). The molecule has 126 valence electrons. The molecule has 1 N–H and O–H groups in total. The number of carbonyl (C=O) groups excluding carboxylic acids is 1. The highest BCUT2D eigenvalue weighted by Crippen LogP contribution is 2.35. The summed E-state index contributed by atoms with van der Waals surface area (Å²) >= 11 is 1.78. The third-order valence-corrected chi connectivity index (χ3v) is 5.73. The molecule has 1 saturated carbocycles. The minimum atomic E-state index is -0.0494. The number of amides is 2. The van der Waals surface area contributed by atoms with Gasteiger partial charge in [-0.05, 0) is 31.9 Å². The number of aryl methyl sites for hydroxylation is 1. The molecule has 0 unspecified atom stereocenters. The van der Waals surface area contributed by atoms with Crippen LogP contribution in [0.15, 0.2) is 29.2 Å². The third-order valence-electron chi connectivity index (χ3n) is 4.72. The second-order valence-electron chi connectivity index (χ2n) is 6.55. The van der Waals surface area contributed by atoms with Gasteiger partial charge in [0.2, 0.25) is 0 Å². The normalized spacial score (nSPS) is 20.0. The summed E-state index contributed by atoms with van der Waals surface area (Å²) in [7, 11) is 0. The van der Waals surface area contributed by atoms with Crippen molar-refractivity contribution in [3.8, 4) is 0 Å². The summed E-state index contributed by atoms with van der Waals surface area (Å²) in [6, 6.07) is 8.57. The zero-order valence-corrected chi connectivity index (χ0v) is 14.7. The molecule has 1 saturated heterocycles. The molecule has 3 rings (SSSR count). The van der Waals surface area contributed by atoms with Crippen LogP contribution in [-0.2, 0) is 4.74 Å². The number of hydrogen-bond acceptors (Lipinski definition) is 3. The predicted molar refractivity (Wildman–Crippen MR) is 94.0 cm³/mol. The van der Waals surface area contributed by atoms with Gasteiger partial charge in [0.15, 0.2) is 0 Å². The first-order valence-corrected chi connectivity index (χ1v) is 9.52. The van der Waals surface area contributed by atoms with Gasteiger partial charge in [0, 0.05) is 23.7 Å². The largest absolute Gasteiger partial charge is 0.371 e. The van der Waals surface area contributed by atoms with Crippen molar-refractivity contribution in [2.75, 3.05) is 32.0 Å². The average molecular weight is 334 g/mol. The summed E-state index contributed by atoms with van der Waals surface area (Å²) in [5, 5.41) is 3.05. The van der Waals surface area contributed by atoms with E-state index >= 15 is 0 Å². The van der Waals surface area contributed by atoms with E-state index in [4.69, 9.17) is 4.74 Å². The molecular weight excluding hydrogens is 308 g/mol. The van der Waals surface area contributed by atoms with Crippen LogP contribution >= 0.6 is 11.8 Å².